The van der Waals surface area contributed by atoms with Gasteiger partial charge in [0.05, 0.1) is 12.1 Å². The number of halogens is 2. The summed E-state index contributed by atoms with van der Waals surface area (Å²) in [6.45, 7) is 2.81. The zero-order valence-corrected chi connectivity index (χ0v) is 20.0. The molecule has 2 atom stereocenters. The second-order valence-corrected chi connectivity index (χ2v) is 8.87. The Labute approximate surface area is 209 Å². The van der Waals surface area contributed by atoms with Crippen molar-refractivity contribution in [3.05, 3.63) is 113 Å². The van der Waals surface area contributed by atoms with Crippen molar-refractivity contribution in [2.75, 3.05) is 6.54 Å². The minimum atomic E-state index is -1.00. The van der Waals surface area contributed by atoms with E-state index in [-0.39, 0.29) is 13.0 Å². The minimum Gasteiger partial charge on any atom is -0.390 e. The summed E-state index contributed by atoms with van der Waals surface area (Å²) in [6, 6.07) is 17.7. The third kappa shape index (κ3) is 6.71. The Morgan fingerprint density at radius 3 is 2.50 bits per heavy atom. The van der Waals surface area contributed by atoms with Crippen molar-refractivity contribution in [3.8, 4) is 0 Å². The Balaban J connectivity index is 1.48. The second-order valence-electron chi connectivity index (χ2n) is 8.87. The molecule has 0 radical (unpaired) electrons. The van der Waals surface area contributed by atoms with Crippen LogP contribution in [-0.4, -0.2) is 34.7 Å². The standard InChI is InChI=1S/C29H29F2N3O2/c1-2-19-4-3-5-20(10-19)16-33-18-28(35)27(13-21-11-25(30)15-26(31)12-21)34-29(36)23-7-6-22-8-9-32-17-24(22)14-23/h3-12,14-15,17,27-28,33,35H,2,13,16,18H2,1H3,(H,34,36). The molecule has 4 rings (SSSR count). The van der Waals surface area contributed by atoms with Crippen LogP contribution in [-0.2, 0) is 19.4 Å². The SMILES string of the molecule is CCc1cccc(CNCC(O)C(Cc2cc(F)cc(F)c2)NC(=O)c2ccc3ccncc3c2)c1. The van der Waals surface area contributed by atoms with Crippen LogP contribution in [0.5, 0.6) is 0 Å². The van der Waals surface area contributed by atoms with Crippen LogP contribution in [0.3, 0.4) is 0 Å². The maximum absolute atomic E-state index is 13.8. The number of hydrogen-bond acceptors (Lipinski definition) is 4. The molecule has 1 aromatic heterocycles. The number of aliphatic hydroxyl groups is 1. The first kappa shape index (κ1) is 25.4. The fourth-order valence-corrected chi connectivity index (χ4v) is 4.21. The van der Waals surface area contributed by atoms with E-state index in [2.05, 4.69) is 34.7 Å². The lowest BCUT2D eigenvalue weighted by molar-refractivity contribution is 0.0830. The average Bonchev–Trinajstić information content (AvgIpc) is 2.87. The van der Waals surface area contributed by atoms with Crippen LogP contribution < -0.4 is 10.6 Å². The highest BCUT2D eigenvalue weighted by Crippen LogP contribution is 2.16. The number of pyridine rings is 1. The molecule has 186 valence electrons. The molecule has 0 fully saturated rings. The highest BCUT2D eigenvalue weighted by atomic mass is 19.1. The van der Waals surface area contributed by atoms with Gasteiger partial charge in [-0.1, -0.05) is 37.3 Å². The van der Waals surface area contributed by atoms with Crippen molar-refractivity contribution in [3.63, 3.8) is 0 Å². The number of aliphatic hydroxyl groups excluding tert-OH is 1. The van der Waals surface area contributed by atoms with Gasteiger partial charge >= 0.3 is 0 Å². The van der Waals surface area contributed by atoms with E-state index < -0.39 is 29.7 Å². The van der Waals surface area contributed by atoms with E-state index in [1.165, 1.54) is 17.7 Å². The molecule has 0 bridgehead atoms. The second kappa shape index (κ2) is 11.8. The van der Waals surface area contributed by atoms with E-state index >= 15 is 0 Å². The zero-order valence-electron chi connectivity index (χ0n) is 20.0. The molecule has 0 aliphatic heterocycles. The van der Waals surface area contributed by atoms with Gasteiger partial charge in [-0.25, -0.2) is 8.78 Å². The molecule has 0 aliphatic rings. The number of hydrogen-bond donors (Lipinski definition) is 3. The van der Waals surface area contributed by atoms with Crippen LogP contribution in [0.1, 0.15) is 34.0 Å². The summed E-state index contributed by atoms with van der Waals surface area (Å²) in [5.41, 5.74) is 3.05. The van der Waals surface area contributed by atoms with Gasteiger partial charge in [-0.05, 0) is 65.3 Å². The number of carbonyl (C=O) groups excluding carboxylic acids is 1. The third-order valence-corrected chi connectivity index (χ3v) is 6.14. The number of rotatable bonds is 10. The van der Waals surface area contributed by atoms with Crippen molar-refractivity contribution in [2.45, 2.75) is 38.5 Å². The highest BCUT2D eigenvalue weighted by molar-refractivity contribution is 5.98. The van der Waals surface area contributed by atoms with E-state index in [1.54, 1.807) is 24.5 Å². The topological polar surface area (TPSA) is 74.2 Å². The first-order chi connectivity index (χ1) is 17.4. The van der Waals surface area contributed by atoms with E-state index in [1.807, 2.05) is 24.3 Å². The monoisotopic (exact) mass is 489 g/mol. The number of benzene rings is 3. The van der Waals surface area contributed by atoms with Crippen LogP contribution in [0, 0.1) is 11.6 Å². The molecule has 3 aromatic carbocycles. The van der Waals surface area contributed by atoms with Crippen molar-refractivity contribution in [1.82, 2.24) is 15.6 Å². The molecule has 0 aliphatic carbocycles. The minimum absolute atomic E-state index is 0.0592. The van der Waals surface area contributed by atoms with Gasteiger partial charge in [0.15, 0.2) is 0 Å². The van der Waals surface area contributed by atoms with Gasteiger partial charge in [-0.2, -0.15) is 0 Å². The van der Waals surface area contributed by atoms with Gasteiger partial charge in [-0.3, -0.25) is 9.78 Å². The molecule has 1 amide bonds. The molecule has 0 saturated heterocycles. The fourth-order valence-electron chi connectivity index (χ4n) is 4.21. The lowest BCUT2D eigenvalue weighted by Gasteiger charge is -2.25. The molecule has 5 nitrogen and oxygen atoms in total. The Kier molecular flexibility index (Phi) is 8.36. The largest absolute Gasteiger partial charge is 0.390 e. The number of amides is 1. The maximum atomic E-state index is 13.8. The Morgan fingerprint density at radius 1 is 0.944 bits per heavy atom. The van der Waals surface area contributed by atoms with Crippen LogP contribution in [0.4, 0.5) is 8.78 Å². The Bertz CT molecular complexity index is 1320. The molecular weight excluding hydrogens is 460 g/mol. The normalized spacial score (nSPS) is 12.9. The summed E-state index contributed by atoms with van der Waals surface area (Å²) in [6.07, 6.45) is 3.34. The smallest absolute Gasteiger partial charge is 0.251 e. The molecule has 1 heterocycles. The Morgan fingerprint density at radius 2 is 1.72 bits per heavy atom. The Hall–Kier alpha value is -3.68. The van der Waals surface area contributed by atoms with Crippen LogP contribution in [0.2, 0.25) is 0 Å². The summed E-state index contributed by atoms with van der Waals surface area (Å²) >= 11 is 0. The molecule has 7 heteroatoms. The molecular formula is C29H29F2N3O2. The van der Waals surface area contributed by atoms with Crippen molar-refractivity contribution < 1.29 is 18.7 Å². The van der Waals surface area contributed by atoms with E-state index in [9.17, 15) is 18.7 Å². The number of aromatic nitrogens is 1. The number of fused-ring (bicyclic) bond motifs is 1. The fraction of sp³-hybridized carbons (Fsp3) is 0.241. The summed E-state index contributed by atoms with van der Waals surface area (Å²) < 4.78 is 27.6. The first-order valence-electron chi connectivity index (χ1n) is 12.0. The molecule has 0 spiro atoms. The first-order valence-corrected chi connectivity index (χ1v) is 12.0. The summed E-state index contributed by atoms with van der Waals surface area (Å²) in [5.74, 6) is -1.81. The van der Waals surface area contributed by atoms with Crippen molar-refractivity contribution in [1.29, 1.82) is 0 Å². The molecule has 36 heavy (non-hydrogen) atoms. The zero-order chi connectivity index (χ0) is 25.5. The summed E-state index contributed by atoms with van der Waals surface area (Å²) in [5, 5.41) is 18.8. The number of nitrogens with one attached hydrogen (secondary N) is 2. The van der Waals surface area contributed by atoms with E-state index in [0.717, 1.165) is 28.8 Å². The highest BCUT2D eigenvalue weighted by Gasteiger charge is 2.23. The summed E-state index contributed by atoms with van der Waals surface area (Å²) in [7, 11) is 0. The summed E-state index contributed by atoms with van der Waals surface area (Å²) in [4.78, 5) is 17.2. The van der Waals surface area contributed by atoms with Gasteiger partial charge in [-0.15, -0.1) is 0 Å². The van der Waals surface area contributed by atoms with Crippen LogP contribution in [0.25, 0.3) is 10.8 Å². The maximum Gasteiger partial charge on any atom is 0.251 e. The predicted molar refractivity (Wildman–Crippen MR) is 137 cm³/mol. The van der Waals surface area contributed by atoms with Crippen molar-refractivity contribution >= 4 is 16.7 Å². The number of nitrogens with zero attached hydrogens (tertiary/aromatic N) is 1. The third-order valence-electron chi connectivity index (χ3n) is 6.14. The van der Waals surface area contributed by atoms with E-state index in [0.29, 0.717) is 17.7 Å². The van der Waals surface area contributed by atoms with Crippen LogP contribution >= 0.6 is 0 Å². The number of carbonyl (C=O) groups is 1. The van der Waals surface area contributed by atoms with Crippen LogP contribution in [0.15, 0.2) is 79.1 Å². The van der Waals surface area contributed by atoms with Gasteiger partial charge in [0, 0.05) is 42.5 Å². The van der Waals surface area contributed by atoms with Gasteiger partial charge in [0.25, 0.3) is 5.91 Å². The lowest BCUT2D eigenvalue weighted by Crippen LogP contribution is -2.48. The van der Waals surface area contributed by atoms with Gasteiger partial charge in [0.2, 0.25) is 0 Å². The molecule has 3 N–H and O–H groups in total. The lowest BCUT2D eigenvalue weighted by atomic mass is 9.99. The van der Waals surface area contributed by atoms with E-state index in [4.69, 9.17) is 0 Å². The van der Waals surface area contributed by atoms with Gasteiger partial charge < -0.3 is 15.7 Å². The molecule has 2 unspecified atom stereocenters. The quantitative estimate of drug-likeness (QED) is 0.305. The van der Waals surface area contributed by atoms with Gasteiger partial charge in [0.1, 0.15) is 11.6 Å². The molecule has 4 aromatic rings. The van der Waals surface area contributed by atoms with Crippen molar-refractivity contribution in [2.24, 2.45) is 0 Å². The molecule has 0 saturated carbocycles. The average molecular weight is 490 g/mol. The number of aryl methyl sites for hydroxylation is 1. The predicted octanol–water partition coefficient (Wildman–Crippen LogP) is 4.57.